The Morgan fingerprint density at radius 3 is 2.76 bits per heavy atom. The summed E-state index contributed by atoms with van der Waals surface area (Å²) in [6, 6.07) is 1.58. The van der Waals surface area contributed by atoms with Crippen molar-refractivity contribution in [1.29, 1.82) is 0 Å². The van der Waals surface area contributed by atoms with Crippen molar-refractivity contribution in [3.8, 4) is 12.3 Å². The molecule has 2 aromatic rings. The molecule has 0 fully saturated rings. The highest BCUT2D eigenvalue weighted by atomic mass is 32.1. The zero-order valence-electron chi connectivity index (χ0n) is 9.64. The number of fused-ring (bicyclic) bond motifs is 1. The first kappa shape index (κ1) is 11.7. The Bertz CT molecular complexity index is 713. The van der Waals surface area contributed by atoms with Gasteiger partial charge in [-0.1, -0.05) is 5.92 Å². The number of nitrogens with zero attached hydrogens (tertiary/aromatic N) is 2. The zero-order valence-corrected chi connectivity index (χ0v) is 10.5. The Labute approximate surface area is 102 Å². The maximum Gasteiger partial charge on any atom is 0.332 e. The summed E-state index contributed by atoms with van der Waals surface area (Å²) in [5.41, 5.74) is 0.0528. The molecule has 4 nitrogen and oxygen atoms in total. The topological polar surface area (TPSA) is 44.0 Å². The summed E-state index contributed by atoms with van der Waals surface area (Å²) in [6.07, 6.45) is 5.26. The predicted molar refractivity (Wildman–Crippen MR) is 69.6 cm³/mol. The molecule has 0 amide bonds. The molecule has 0 atom stereocenters. The van der Waals surface area contributed by atoms with Crippen LogP contribution in [0.15, 0.2) is 21.0 Å². The lowest BCUT2D eigenvalue weighted by atomic mass is 10.3. The largest absolute Gasteiger partial charge is 0.332 e. The number of hydrogen-bond acceptors (Lipinski definition) is 3. The van der Waals surface area contributed by atoms with E-state index in [0.29, 0.717) is 10.2 Å². The van der Waals surface area contributed by atoms with Gasteiger partial charge >= 0.3 is 5.69 Å². The lowest BCUT2D eigenvalue weighted by Crippen LogP contribution is -2.40. The first-order chi connectivity index (χ1) is 8.07. The maximum atomic E-state index is 12.2. The fraction of sp³-hybridized carbons (Fsp3) is 0.333. The highest BCUT2D eigenvalue weighted by Crippen LogP contribution is 2.15. The van der Waals surface area contributed by atoms with Crippen molar-refractivity contribution < 1.29 is 0 Å². The fourth-order valence-electron chi connectivity index (χ4n) is 1.80. The van der Waals surface area contributed by atoms with Crippen LogP contribution in [0.3, 0.4) is 0 Å². The van der Waals surface area contributed by atoms with Gasteiger partial charge in [0.2, 0.25) is 0 Å². The summed E-state index contributed by atoms with van der Waals surface area (Å²) in [4.78, 5) is 24.3. The minimum atomic E-state index is -0.339. The summed E-state index contributed by atoms with van der Waals surface area (Å²) >= 11 is 1.33. The van der Waals surface area contributed by atoms with Crippen molar-refractivity contribution in [2.75, 3.05) is 0 Å². The van der Waals surface area contributed by atoms with E-state index in [4.69, 9.17) is 6.42 Å². The number of thiophene rings is 1. The highest BCUT2D eigenvalue weighted by Gasteiger charge is 2.15. The van der Waals surface area contributed by atoms with E-state index in [2.05, 4.69) is 5.92 Å². The van der Waals surface area contributed by atoms with Gasteiger partial charge < -0.3 is 0 Å². The minimum absolute atomic E-state index is 0.175. The SMILES string of the molecule is C#CCn1c(=O)n(C(C)C)c(=O)c2sccc21. The van der Waals surface area contributed by atoms with E-state index < -0.39 is 0 Å². The Morgan fingerprint density at radius 2 is 2.18 bits per heavy atom. The predicted octanol–water partition coefficient (Wildman–Crippen LogP) is 1.44. The second kappa shape index (κ2) is 4.22. The molecule has 0 aliphatic carbocycles. The smallest absolute Gasteiger partial charge is 0.281 e. The van der Waals surface area contributed by atoms with Crippen LogP contribution in [0.5, 0.6) is 0 Å². The van der Waals surface area contributed by atoms with Gasteiger partial charge in [-0.05, 0) is 25.3 Å². The number of aromatic nitrogens is 2. The van der Waals surface area contributed by atoms with Crippen molar-refractivity contribution >= 4 is 21.6 Å². The van der Waals surface area contributed by atoms with Gasteiger partial charge in [0.1, 0.15) is 4.70 Å². The molecular formula is C12H12N2O2S. The third-order valence-corrected chi connectivity index (χ3v) is 3.44. The molecule has 0 aromatic carbocycles. The fourth-order valence-corrected chi connectivity index (χ4v) is 2.64. The third-order valence-electron chi connectivity index (χ3n) is 2.55. The molecule has 0 bridgehead atoms. The van der Waals surface area contributed by atoms with Crippen LogP contribution in [-0.4, -0.2) is 9.13 Å². The quantitative estimate of drug-likeness (QED) is 0.755. The molecule has 0 aliphatic rings. The van der Waals surface area contributed by atoms with Gasteiger partial charge in [-0.25, -0.2) is 4.79 Å². The van der Waals surface area contributed by atoms with Crippen molar-refractivity contribution in [1.82, 2.24) is 9.13 Å². The number of terminal acetylenes is 1. The van der Waals surface area contributed by atoms with Crippen molar-refractivity contribution in [3.63, 3.8) is 0 Å². The monoisotopic (exact) mass is 248 g/mol. The molecule has 0 radical (unpaired) electrons. The molecule has 0 saturated heterocycles. The van der Waals surface area contributed by atoms with Crippen LogP contribution in [0.25, 0.3) is 10.2 Å². The van der Waals surface area contributed by atoms with Crippen LogP contribution in [0.4, 0.5) is 0 Å². The maximum absolute atomic E-state index is 12.2. The minimum Gasteiger partial charge on any atom is -0.281 e. The van der Waals surface area contributed by atoms with Gasteiger partial charge in [0.25, 0.3) is 5.56 Å². The second-order valence-electron chi connectivity index (χ2n) is 3.98. The van der Waals surface area contributed by atoms with Gasteiger partial charge in [-0.3, -0.25) is 13.9 Å². The molecule has 17 heavy (non-hydrogen) atoms. The van der Waals surface area contributed by atoms with E-state index >= 15 is 0 Å². The van der Waals surface area contributed by atoms with Crippen LogP contribution < -0.4 is 11.2 Å². The van der Waals surface area contributed by atoms with E-state index in [9.17, 15) is 9.59 Å². The molecule has 0 saturated carbocycles. The molecule has 0 unspecified atom stereocenters. The molecular weight excluding hydrogens is 236 g/mol. The van der Waals surface area contributed by atoms with Gasteiger partial charge in [0.15, 0.2) is 0 Å². The van der Waals surface area contributed by atoms with Gasteiger partial charge in [-0.2, -0.15) is 0 Å². The van der Waals surface area contributed by atoms with E-state index in [1.54, 1.807) is 11.4 Å². The summed E-state index contributed by atoms with van der Waals surface area (Å²) in [5.74, 6) is 2.44. The Hall–Kier alpha value is -1.80. The van der Waals surface area contributed by atoms with Crippen LogP contribution in [0.2, 0.25) is 0 Å². The first-order valence-corrected chi connectivity index (χ1v) is 6.12. The molecule has 2 aromatic heterocycles. The lowest BCUT2D eigenvalue weighted by Gasteiger charge is -2.12. The Morgan fingerprint density at radius 1 is 1.47 bits per heavy atom. The van der Waals surface area contributed by atoms with Crippen molar-refractivity contribution in [2.45, 2.75) is 26.4 Å². The molecule has 2 rings (SSSR count). The first-order valence-electron chi connectivity index (χ1n) is 5.24. The third kappa shape index (κ3) is 1.71. The van der Waals surface area contributed by atoms with E-state index in [1.807, 2.05) is 13.8 Å². The van der Waals surface area contributed by atoms with E-state index in [1.165, 1.54) is 20.5 Å². The highest BCUT2D eigenvalue weighted by molar-refractivity contribution is 7.17. The number of rotatable bonds is 2. The second-order valence-corrected chi connectivity index (χ2v) is 4.89. The van der Waals surface area contributed by atoms with Crippen LogP contribution >= 0.6 is 11.3 Å². The summed E-state index contributed by atoms with van der Waals surface area (Å²) < 4.78 is 3.29. The molecule has 88 valence electrons. The van der Waals surface area contributed by atoms with Crippen LogP contribution in [0, 0.1) is 12.3 Å². The van der Waals surface area contributed by atoms with E-state index in [0.717, 1.165) is 0 Å². The normalized spacial score (nSPS) is 10.9. The average molecular weight is 248 g/mol. The van der Waals surface area contributed by atoms with E-state index in [-0.39, 0.29) is 23.8 Å². The molecule has 2 heterocycles. The molecule has 5 heteroatoms. The van der Waals surface area contributed by atoms with Crippen molar-refractivity contribution in [3.05, 3.63) is 32.3 Å². The van der Waals surface area contributed by atoms with Crippen LogP contribution in [0.1, 0.15) is 19.9 Å². The Kier molecular flexibility index (Phi) is 2.90. The van der Waals surface area contributed by atoms with Gasteiger partial charge in [-0.15, -0.1) is 17.8 Å². The summed E-state index contributed by atoms with van der Waals surface area (Å²) in [7, 11) is 0. The summed E-state index contributed by atoms with van der Waals surface area (Å²) in [5, 5.41) is 1.79. The van der Waals surface area contributed by atoms with Gasteiger partial charge in [0.05, 0.1) is 12.1 Å². The lowest BCUT2D eigenvalue weighted by molar-refractivity contribution is 0.528. The van der Waals surface area contributed by atoms with Gasteiger partial charge in [0, 0.05) is 6.04 Å². The van der Waals surface area contributed by atoms with Crippen molar-refractivity contribution in [2.24, 2.45) is 0 Å². The Balaban J connectivity index is 2.99. The average Bonchev–Trinajstić information content (AvgIpc) is 2.72. The molecule has 0 N–H and O–H groups in total. The standard InChI is InChI=1S/C12H12N2O2S/c1-4-6-13-9-5-7-17-10(9)11(15)14(8(2)3)12(13)16/h1,5,7-8H,6H2,2-3H3. The molecule has 0 spiro atoms. The zero-order chi connectivity index (χ0) is 12.6. The van der Waals surface area contributed by atoms with Crippen LogP contribution in [-0.2, 0) is 6.54 Å². The molecule has 0 aliphatic heterocycles. The summed E-state index contributed by atoms with van der Waals surface area (Å²) in [6.45, 7) is 3.80. The number of hydrogen-bond donors (Lipinski definition) is 0.